The van der Waals surface area contributed by atoms with Crippen molar-refractivity contribution in [1.82, 2.24) is 19.4 Å². The highest BCUT2D eigenvalue weighted by Crippen LogP contribution is 2.57. The molecule has 2 fully saturated rings. The number of hydrogen-bond acceptors (Lipinski definition) is 5. The highest BCUT2D eigenvalue weighted by molar-refractivity contribution is 5.96. The molecular weight excluding hydrogens is 390 g/mol. The zero-order valence-corrected chi connectivity index (χ0v) is 17.6. The van der Waals surface area contributed by atoms with Crippen LogP contribution in [0.4, 0.5) is 11.6 Å². The van der Waals surface area contributed by atoms with E-state index < -0.39 is 0 Å². The van der Waals surface area contributed by atoms with E-state index in [1.807, 2.05) is 47.2 Å². The number of rotatable bonds is 3. The van der Waals surface area contributed by atoms with Crippen LogP contribution in [-0.2, 0) is 17.2 Å². The van der Waals surface area contributed by atoms with E-state index in [4.69, 9.17) is 14.7 Å². The Kier molecular flexibility index (Phi) is 4.14. The molecule has 1 spiro atoms. The van der Waals surface area contributed by atoms with E-state index in [1.165, 1.54) is 18.4 Å². The Balaban J connectivity index is 1.33. The van der Waals surface area contributed by atoms with Gasteiger partial charge in [-0.3, -0.25) is 4.79 Å². The maximum atomic E-state index is 13.0. The van der Waals surface area contributed by atoms with Crippen molar-refractivity contribution in [2.45, 2.75) is 18.3 Å². The molecule has 2 aliphatic heterocycles. The van der Waals surface area contributed by atoms with Crippen LogP contribution in [0, 0.1) is 0 Å². The van der Waals surface area contributed by atoms with E-state index in [0.29, 0.717) is 32.3 Å². The van der Waals surface area contributed by atoms with Gasteiger partial charge < -0.3 is 19.1 Å². The first-order valence-corrected chi connectivity index (χ1v) is 10.9. The minimum Gasteiger partial charge on any atom is -0.378 e. The number of nitrogens with zero attached hydrogens (tertiary/aromatic N) is 5. The molecule has 3 aromatic rings. The van der Waals surface area contributed by atoms with E-state index in [2.05, 4.69) is 23.2 Å². The monoisotopic (exact) mass is 415 g/mol. The zero-order valence-electron chi connectivity index (χ0n) is 17.6. The Hall–Kier alpha value is -3.19. The highest BCUT2D eigenvalue weighted by atomic mass is 16.5. The SMILES string of the molecule is Cn1ccc(-c2cnc(N3CC4(CC4)c4ccc(C(=O)N5CCOCC5)cc43)nc2)c1. The number of morpholine rings is 1. The number of anilines is 2. The van der Waals surface area contributed by atoms with Gasteiger partial charge in [0.2, 0.25) is 5.95 Å². The van der Waals surface area contributed by atoms with Crippen LogP contribution in [0.15, 0.2) is 49.1 Å². The van der Waals surface area contributed by atoms with Gasteiger partial charge >= 0.3 is 0 Å². The summed E-state index contributed by atoms with van der Waals surface area (Å²) in [5, 5.41) is 0. The predicted molar refractivity (Wildman–Crippen MR) is 118 cm³/mol. The predicted octanol–water partition coefficient (Wildman–Crippen LogP) is 3.14. The molecule has 2 aromatic heterocycles. The van der Waals surface area contributed by atoms with Gasteiger partial charge in [0.25, 0.3) is 5.91 Å². The summed E-state index contributed by atoms with van der Waals surface area (Å²) in [5.41, 5.74) is 5.42. The van der Waals surface area contributed by atoms with E-state index in [0.717, 1.165) is 28.9 Å². The number of aryl methyl sites for hydroxylation is 1. The average molecular weight is 415 g/mol. The molecule has 1 aromatic carbocycles. The number of ether oxygens (including phenoxy) is 1. The molecule has 6 rings (SSSR count). The van der Waals surface area contributed by atoms with Crippen LogP contribution in [0.1, 0.15) is 28.8 Å². The molecule has 1 saturated heterocycles. The zero-order chi connectivity index (χ0) is 21.0. The topological polar surface area (TPSA) is 63.5 Å². The number of aromatic nitrogens is 3. The fourth-order valence-electron chi connectivity index (χ4n) is 4.80. The molecular formula is C24H25N5O2. The van der Waals surface area contributed by atoms with Crippen molar-refractivity contribution in [3.05, 3.63) is 60.2 Å². The molecule has 7 heteroatoms. The minimum atomic E-state index is 0.0724. The maximum absolute atomic E-state index is 13.0. The van der Waals surface area contributed by atoms with Gasteiger partial charge in [0.1, 0.15) is 0 Å². The lowest BCUT2D eigenvalue weighted by Crippen LogP contribution is -2.40. The van der Waals surface area contributed by atoms with E-state index in [9.17, 15) is 4.79 Å². The Morgan fingerprint density at radius 3 is 2.52 bits per heavy atom. The maximum Gasteiger partial charge on any atom is 0.254 e. The first kappa shape index (κ1) is 18.6. The van der Waals surface area contributed by atoms with Crippen molar-refractivity contribution < 1.29 is 9.53 Å². The molecule has 0 N–H and O–H groups in total. The molecule has 4 heterocycles. The van der Waals surface area contributed by atoms with Gasteiger partial charge in [0.05, 0.1) is 13.2 Å². The Labute approximate surface area is 181 Å². The second-order valence-electron chi connectivity index (χ2n) is 8.84. The van der Waals surface area contributed by atoms with Gasteiger partial charge in [-0.15, -0.1) is 0 Å². The van der Waals surface area contributed by atoms with Crippen LogP contribution in [0.3, 0.4) is 0 Å². The lowest BCUT2D eigenvalue weighted by atomic mass is 9.97. The van der Waals surface area contributed by atoms with Crippen molar-refractivity contribution in [1.29, 1.82) is 0 Å². The fraction of sp³-hybridized carbons (Fsp3) is 0.375. The summed E-state index contributed by atoms with van der Waals surface area (Å²) in [7, 11) is 2.00. The molecule has 1 aliphatic carbocycles. The number of amides is 1. The van der Waals surface area contributed by atoms with Crippen molar-refractivity contribution in [2.24, 2.45) is 7.05 Å². The molecule has 158 valence electrons. The molecule has 7 nitrogen and oxygen atoms in total. The quantitative estimate of drug-likeness (QED) is 0.658. The summed E-state index contributed by atoms with van der Waals surface area (Å²) in [6.07, 6.45) is 10.2. The smallest absolute Gasteiger partial charge is 0.254 e. The Morgan fingerprint density at radius 2 is 1.84 bits per heavy atom. The van der Waals surface area contributed by atoms with Crippen LogP contribution >= 0.6 is 0 Å². The Morgan fingerprint density at radius 1 is 1.06 bits per heavy atom. The highest BCUT2D eigenvalue weighted by Gasteiger charge is 2.52. The van der Waals surface area contributed by atoms with Crippen molar-refractivity contribution in [3.8, 4) is 11.1 Å². The lowest BCUT2D eigenvalue weighted by molar-refractivity contribution is 0.0303. The normalized spacial score (nSPS) is 19.0. The third-order valence-electron chi connectivity index (χ3n) is 6.76. The van der Waals surface area contributed by atoms with E-state index in [-0.39, 0.29) is 11.3 Å². The third kappa shape index (κ3) is 3.11. The number of hydrogen-bond donors (Lipinski definition) is 0. The second kappa shape index (κ2) is 6.92. The average Bonchev–Trinajstić information content (AvgIpc) is 3.35. The van der Waals surface area contributed by atoms with Crippen LogP contribution < -0.4 is 4.90 Å². The summed E-state index contributed by atoms with van der Waals surface area (Å²) in [5.74, 6) is 0.767. The summed E-state index contributed by atoms with van der Waals surface area (Å²) >= 11 is 0. The van der Waals surface area contributed by atoms with Crippen LogP contribution in [0.25, 0.3) is 11.1 Å². The molecule has 0 radical (unpaired) electrons. The van der Waals surface area contributed by atoms with Crippen LogP contribution in [-0.4, -0.2) is 58.2 Å². The first-order valence-electron chi connectivity index (χ1n) is 10.9. The van der Waals surface area contributed by atoms with Crippen LogP contribution in [0.5, 0.6) is 0 Å². The third-order valence-corrected chi connectivity index (χ3v) is 6.76. The number of carbonyl (C=O) groups is 1. The van der Waals surface area contributed by atoms with Gasteiger partial charge in [0.15, 0.2) is 0 Å². The van der Waals surface area contributed by atoms with Gasteiger partial charge in [-0.25, -0.2) is 9.97 Å². The van der Waals surface area contributed by atoms with Crippen molar-refractivity contribution >= 4 is 17.5 Å². The molecule has 31 heavy (non-hydrogen) atoms. The van der Waals surface area contributed by atoms with E-state index >= 15 is 0 Å². The molecule has 1 saturated carbocycles. The number of benzene rings is 1. The molecule has 0 unspecified atom stereocenters. The molecule has 1 amide bonds. The first-order chi connectivity index (χ1) is 15.1. The van der Waals surface area contributed by atoms with Gasteiger partial charge in [-0.05, 0) is 36.6 Å². The summed E-state index contributed by atoms with van der Waals surface area (Å²) in [4.78, 5) is 26.5. The lowest BCUT2D eigenvalue weighted by Gasteiger charge is -2.27. The summed E-state index contributed by atoms with van der Waals surface area (Å²) < 4.78 is 7.41. The largest absolute Gasteiger partial charge is 0.378 e. The fourth-order valence-corrected chi connectivity index (χ4v) is 4.80. The second-order valence-corrected chi connectivity index (χ2v) is 8.84. The van der Waals surface area contributed by atoms with Crippen molar-refractivity contribution in [3.63, 3.8) is 0 Å². The van der Waals surface area contributed by atoms with E-state index in [1.54, 1.807) is 0 Å². The molecule has 0 atom stereocenters. The number of fused-ring (bicyclic) bond motifs is 2. The minimum absolute atomic E-state index is 0.0724. The van der Waals surface area contributed by atoms with Crippen molar-refractivity contribution in [2.75, 3.05) is 37.7 Å². The summed E-state index contributed by atoms with van der Waals surface area (Å²) in [6, 6.07) is 8.23. The molecule has 3 aliphatic rings. The van der Waals surface area contributed by atoms with Gasteiger partial charge in [0, 0.05) is 79.3 Å². The number of carbonyl (C=O) groups excluding carboxylic acids is 1. The van der Waals surface area contributed by atoms with Gasteiger partial charge in [-0.2, -0.15) is 0 Å². The molecule has 0 bridgehead atoms. The van der Waals surface area contributed by atoms with Gasteiger partial charge in [-0.1, -0.05) is 6.07 Å². The summed E-state index contributed by atoms with van der Waals surface area (Å²) in [6.45, 7) is 3.38. The van der Waals surface area contributed by atoms with Crippen LogP contribution in [0.2, 0.25) is 0 Å². The standard InChI is InChI=1S/C24H25N5O2/c1-27-7-4-18(15-27)19-13-25-23(26-14-19)29-16-24(5-6-24)20-3-2-17(12-21(20)29)22(30)28-8-10-31-11-9-28/h2-4,7,12-15H,5-6,8-11,16H2,1H3. The Bertz CT molecular complexity index is 1140.